The molecule has 0 radical (unpaired) electrons. The van der Waals surface area contributed by atoms with Crippen LogP contribution in [0.5, 0.6) is 0 Å². The van der Waals surface area contributed by atoms with E-state index >= 15 is 0 Å². The highest BCUT2D eigenvalue weighted by molar-refractivity contribution is 5.68. The van der Waals surface area contributed by atoms with Gasteiger partial charge in [-0.3, -0.25) is 4.79 Å². The van der Waals surface area contributed by atoms with Crippen molar-refractivity contribution >= 4 is 5.97 Å². The van der Waals surface area contributed by atoms with E-state index in [9.17, 15) is 4.79 Å². The van der Waals surface area contributed by atoms with Crippen LogP contribution in [0, 0.1) is 0 Å². The average molecular weight is 357 g/mol. The minimum Gasteiger partial charge on any atom is -0.469 e. The highest BCUT2D eigenvalue weighted by Crippen LogP contribution is 2.16. The van der Waals surface area contributed by atoms with Gasteiger partial charge in [-0.05, 0) is 19.3 Å². The van der Waals surface area contributed by atoms with Crippen molar-refractivity contribution in [1.29, 1.82) is 0 Å². The molecule has 150 valence electrons. The maximum absolute atomic E-state index is 11.0. The predicted octanol–water partition coefficient (Wildman–Crippen LogP) is 6.83. The van der Waals surface area contributed by atoms with E-state index in [1.807, 2.05) is 7.11 Å². The fraction of sp³-hybridized carbons (Fsp3) is 0.955. The molecule has 0 aromatic rings. The second kappa shape index (κ2) is 19.8. The number of rotatable bonds is 19. The van der Waals surface area contributed by atoms with Crippen molar-refractivity contribution in [2.45, 2.75) is 122 Å². The number of carbonyl (C=O) groups excluding carboxylic acids is 1. The van der Waals surface area contributed by atoms with Crippen LogP contribution in [-0.2, 0) is 14.3 Å². The van der Waals surface area contributed by atoms with Crippen molar-refractivity contribution < 1.29 is 14.3 Å². The second-order valence-electron chi connectivity index (χ2n) is 7.36. The normalized spacial score (nSPS) is 12.3. The van der Waals surface area contributed by atoms with Gasteiger partial charge in [-0.2, -0.15) is 0 Å². The van der Waals surface area contributed by atoms with Gasteiger partial charge in [0.2, 0.25) is 0 Å². The van der Waals surface area contributed by atoms with Crippen LogP contribution in [0.3, 0.4) is 0 Å². The number of methoxy groups -OCH3 is 2. The molecule has 0 aliphatic heterocycles. The molecule has 0 heterocycles. The fourth-order valence-electron chi connectivity index (χ4n) is 3.34. The van der Waals surface area contributed by atoms with E-state index in [0.717, 1.165) is 12.8 Å². The molecule has 0 spiro atoms. The van der Waals surface area contributed by atoms with E-state index in [2.05, 4.69) is 11.7 Å². The average Bonchev–Trinajstić information content (AvgIpc) is 2.63. The Kier molecular flexibility index (Phi) is 19.3. The highest BCUT2D eigenvalue weighted by Gasteiger charge is 2.06. The first-order valence-electron chi connectivity index (χ1n) is 10.8. The van der Waals surface area contributed by atoms with Crippen LogP contribution in [-0.4, -0.2) is 26.3 Å². The van der Waals surface area contributed by atoms with Gasteiger partial charge in [0.15, 0.2) is 0 Å². The first-order chi connectivity index (χ1) is 12.2. The number of carbonyl (C=O) groups is 1. The Labute approximate surface area is 157 Å². The van der Waals surface area contributed by atoms with Gasteiger partial charge in [-0.1, -0.05) is 90.4 Å². The second-order valence-corrected chi connectivity index (χ2v) is 7.36. The summed E-state index contributed by atoms with van der Waals surface area (Å²) < 4.78 is 10.3. The van der Waals surface area contributed by atoms with Crippen molar-refractivity contribution in [1.82, 2.24) is 0 Å². The van der Waals surface area contributed by atoms with Crippen molar-refractivity contribution in [3.8, 4) is 0 Å². The predicted molar refractivity (Wildman–Crippen MR) is 107 cm³/mol. The molecule has 0 fully saturated rings. The topological polar surface area (TPSA) is 35.5 Å². The minimum atomic E-state index is -0.0725. The molecule has 0 unspecified atom stereocenters. The van der Waals surface area contributed by atoms with Crippen LogP contribution >= 0.6 is 0 Å². The third kappa shape index (κ3) is 18.0. The van der Waals surface area contributed by atoms with Crippen LogP contribution in [0.4, 0.5) is 0 Å². The van der Waals surface area contributed by atoms with Crippen molar-refractivity contribution in [2.75, 3.05) is 14.2 Å². The molecule has 3 heteroatoms. The molecule has 0 bridgehead atoms. The number of ether oxygens (including phenoxy) is 2. The van der Waals surface area contributed by atoms with Gasteiger partial charge in [0.05, 0.1) is 13.2 Å². The lowest BCUT2D eigenvalue weighted by atomic mass is 10.0. The quantitative estimate of drug-likeness (QED) is 0.188. The van der Waals surface area contributed by atoms with E-state index in [1.54, 1.807) is 0 Å². The Hall–Kier alpha value is -0.570. The zero-order valence-electron chi connectivity index (χ0n) is 17.3. The molecule has 0 saturated carbocycles. The summed E-state index contributed by atoms with van der Waals surface area (Å²) in [4.78, 5) is 11.0. The van der Waals surface area contributed by atoms with E-state index in [4.69, 9.17) is 4.74 Å². The van der Waals surface area contributed by atoms with Gasteiger partial charge < -0.3 is 9.47 Å². The standard InChI is InChI=1S/C22H44O3/c1-4-5-6-15-18-21(24-2)19-16-13-11-9-7-8-10-12-14-17-20-22(23)25-3/h21H,4-20H2,1-3H3/t21-/m1/s1. The van der Waals surface area contributed by atoms with Crippen molar-refractivity contribution in [3.63, 3.8) is 0 Å². The summed E-state index contributed by atoms with van der Waals surface area (Å²) in [5.74, 6) is -0.0725. The lowest BCUT2D eigenvalue weighted by Gasteiger charge is -2.15. The lowest BCUT2D eigenvalue weighted by Crippen LogP contribution is -2.10. The molecule has 0 N–H and O–H groups in total. The van der Waals surface area contributed by atoms with Gasteiger partial charge in [-0.15, -0.1) is 0 Å². The molecule has 0 aliphatic carbocycles. The SMILES string of the molecule is CCCCCC[C@H](CCCCCCCCCCCCC(=O)OC)OC. The first-order valence-corrected chi connectivity index (χ1v) is 10.8. The van der Waals surface area contributed by atoms with Gasteiger partial charge >= 0.3 is 5.97 Å². The molecular weight excluding hydrogens is 312 g/mol. The number of unbranched alkanes of at least 4 members (excludes halogenated alkanes) is 12. The molecule has 0 aromatic carbocycles. The van der Waals surface area contributed by atoms with E-state index in [1.165, 1.54) is 97.0 Å². The first kappa shape index (κ1) is 24.4. The molecule has 1 atom stereocenters. The van der Waals surface area contributed by atoms with E-state index in [0.29, 0.717) is 12.5 Å². The van der Waals surface area contributed by atoms with Gasteiger partial charge in [0, 0.05) is 13.5 Å². The Balaban J connectivity index is 3.25. The third-order valence-corrected chi connectivity index (χ3v) is 5.10. The molecular formula is C22H44O3. The molecule has 0 aromatic heterocycles. The van der Waals surface area contributed by atoms with Gasteiger partial charge in [-0.25, -0.2) is 0 Å². The van der Waals surface area contributed by atoms with Crippen molar-refractivity contribution in [2.24, 2.45) is 0 Å². The lowest BCUT2D eigenvalue weighted by molar-refractivity contribution is -0.140. The molecule has 0 saturated heterocycles. The van der Waals surface area contributed by atoms with Crippen LogP contribution in [0.25, 0.3) is 0 Å². The maximum Gasteiger partial charge on any atom is 0.305 e. The fourth-order valence-corrected chi connectivity index (χ4v) is 3.34. The van der Waals surface area contributed by atoms with Crippen LogP contribution in [0.2, 0.25) is 0 Å². The Morgan fingerprint density at radius 3 is 1.56 bits per heavy atom. The zero-order valence-corrected chi connectivity index (χ0v) is 17.3. The van der Waals surface area contributed by atoms with Gasteiger partial charge in [0.25, 0.3) is 0 Å². The summed E-state index contributed by atoms with van der Waals surface area (Å²) in [7, 11) is 3.33. The van der Waals surface area contributed by atoms with E-state index < -0.39 is 0 Å². The van der Waals surface area contributed by atoms with Crippen LogP contribution in [0.15, 0.2) is 0 Å². The van der Waals surface area contributed by atoms with E-state index in [-0.39, 0.29) is 5.97 Å². The third-order valence-electron chi connectivity index (χ3n) is 5.10. The Morgan fingerprint density at radius 1 is 0.680 bits per heavy atom. The molecule has 3 nitrogen and oxygen atoms in total. The summed E-state index contributed by atoms with van der Waals surface area (Å²) in [6.07, 6.45) is 21.7. The smallest absolute Gasteiger partial charge is 0.305 e. The van der Waals surface area contributed by atoms with Crippen molar-refractivity contribution in [3.05, 3.63) is 0 Å². The number of hydrogen-bond donors (Lipinski definition) is 0. The van der Waals surface area contributed by atoms with Crippen LogP contribution in [0.1, 0.15) is 116 Å². The van der Waals surface area contributed by atoms with Crippen LogP contribution < -0.4 is 0 Å². The summed E-state index contributed by atoms with van der Waals surface area (Å²) in [5.41, 5.74) is 0. The maximum atomic E-state index is 11.0. The zero-order chi connectivity index (χ0) is 18.6. The number of hydrogen-bond acceptors (Lipinski definition) is 3. The Morgan fingerprint density at radius 2 is 1.12 bits per heavy atom. The van der Waals surface area contributed by atoms with Gasteiger partial charge in [0.1, 0.15) is 0 Å². The minimum absolute atomic E-state index is 0.0725. The molecule has 0 aliphatic rings. The number of esters is 1. The summed E-state index contributed by atoms with van der Waals surface area (Å²) in [5, 5.41) is 0. The summed E-state index contributed by atoms with van der Waals surface area (Å²) >= 11 is 0. The summed E-state index contributed by atoms with van der Waals surface area (Å²) in [6, 6.07) is 0. The summed E-state index contributed by atoms with van der Waals surface area (Å²) in [6.45, 7) is 2.26. The Bertz CT molecular complexity index is 278. The monoisotopic (exact) mass is 356 g/mol. The largest absolute Gasteiger partial charge is 0.469 e. The molecule has 0 amide bonds. The highest BCUT2D eigenvalue weighted by atomic mass is 16.5. The molecule has 25 heavy (non-hydrogen) atoms. The molecule has 0 rings (SSSR count).